The van der Waals surface area contributed by atoms with E-state index in [0.717, 1.165) is 5.56 Å². The lowest BCUT2D eigenvalue weighted by Crippen LogP contribution is -1.92. The van der Waals surface area contributed by atoms with Gasteiger partial charge in [0.15, 0.2) is 0 Å². The molecule has 0 saturated heterocycles. The Morgan fingerprint density at radius 3 is 2.67 bits per heavy atom. The number of hydrogen-bond donors (Lipinski definition) is 0. The van der Waals surface area contributed by atoms with Gasteiger partial charge in [0.25, 0.3) is 0 Å². The van der Waals surface area contributed by atoms with Gasteiger partial charge in [-0.25, -0.2) is 0 Å². The van der Waals surface area contributed by atoms with Crippen LogP contribution in [0.3, 0.4) is 0 Å². The summed E-state index contributed by atoms with van der Waals surface area (Å²) in [5.74, 6) is 0. The quantitative estimate of drug-likeness (QED) is 0.606. The summed E-state index contributed by atoms with van der Waals surface area (Å²) in [7, 11) is 0. The lowest BCUT2D eigenvalue weighted by Gasteiger charge is -1.92. The summed E-state index contributed by atoms with van der Waals surface area (Å²) in [6, 6.07) is 11.5. The van der Waals surface area contributed by atoms with Crippen molar-refractivity contribution in [3.8, 4) is 6.07 Å². The van der Waals surface area contributed by atoms with Crippen LogP contribution in [0.5, 0.6) is 0 Å². The first-order valence-corrected chi connectivity index (χ1v) is 3.81. The molecule has 0 aliphatic carbocycles. The zero-order valence-corrected chi connectivity index (χ0v) is 6.94. The molecule has 1 atom stereocenters. The Labute approximate surface area is 72.2 Å². The molecule has 0 amide bonds. The Kier molecular flexibility index (Phi) is 3.04. The second-order valence-corrected chi connectivity index (χ2v) is 2.49. The van der Waals surface area contributed by atoms with E-state index in [2.05, 4.69) is 4.99 Å². The van der Waals surface area contributed by atoms with Gasteiger partial charge in [-0.05, 0) is 12.5 Å². The second-order valence-electron chi connectivity index (χ2n) is 2.49. The molecule has 0 radical (unpaired) electrons. The van der Waals surface area contributed by atoms with E-state index in [0.29, 0.717) is 0 Å². The average Bonchev–Trinajstić information content (AvgIpc) is 2.16. The summed E-state index contributed by atoms with van der Waals surface area (Å²) in [4.78, 5) is 4.03. The Balaban J connectivity index is 2.65. The summed E-state index contributed by atoms with van der Waals surface area (Å²) >= 11 is 0. The van der Waals surface area contributed by atoms with Crippen LogP contribution < -0.4 is 0 Å². The van der Waals surface area contributed by atoms with E-state index in [9.17, 15) is 0 Å². The maximum absolute atomic E-state index is 8.45. The van der Waals surface area contributed by atoms with E-state index < -0.39 is 0 Å². The van der Waals surface area contributed by atoms with Crippen molar-refractivity contribution >= 4 is 6.21 Å². The lowest BCUT2D eigenvalue weighted by molar-refractivity contribution is 0.946. The van der Waals surface area contributed by atoms with Crippen molar-refractivity contribution in [3.05, 3.63) is 35.9 Å². The standard InChI is InChI=1S/C10H10N2/c1-9(7-11)12-8-10-5-3-2-4-6-10/h2-6,8-9H,1H3. The van der Waals surface area contributed by atoms with E-state index in [1.807, 2.05) is 36.4 Å². The van der Waals surface area contributed by atoms with E-state index in [4.69, 9.17) is 5.26 Å². The summed E-state index contributed by atoms with van der Waals surface area (Å²) in [5.41, 5.74) is 1.03. The average molecular weight is 158 g/mol. The fourth-order valence-electron chi connectivity index (χ4n) is 0.770. The maximum Gasteiger partial charge on any atom is 0.133 e. The normalized spacial score (nSPS) is 12.7. The molecule has 1 aromatic carbocycles. The molecule has 2 heteroatoms. The van der Waals surface area contributed by atoms with Gasteiger partial charge >= 0.3 is 0 Å². The zero-order chi connectivity index (χ0) is 8.81. The Morgan fingerprint density at radius 1 is 1.42 bits per heavy atom. The summed E-state index contributed by atoms with van der Waals surface area (Å²) in [5, 5.41) is 8.45. The first-order valence-electron chi connectivity index (χ1n) is 3.81. The van der Waals surface area contributed by atoms with Crippen molar-refractivity contribution in [2.45, 2.75) is 13.0 Å². The third-order valence-corrected chi connectivity index (χ3v) is 1.43. The minimum Gasteiger partial charge on any atom is -0.274 e. The van der Waals surface area contributed by atoms with Crippen LogP contribution in [0, 0.1) is 11.3 Å². The molecule has 0 fully saturated rings. The van der Waals surface area contributed by atoms with Crippen LogP contribution in [-0.2, 0) is 0 Å². The molecule has 0 heterocycles. The van der Waals surface area contributed by atoms with Gasteiger partial charge in [0, 0.05) is 6.21 Å². The number of nitrogens with zero attached hydrogens (tertiary/aromatic N) is 2. The highest BCUT2D eigenvalue weighted by Gasteiger charge is 1.90. The molecule has 1 aromatic rings. The van der Waals surface area contributed by atoms with Gasteiger partial charge in [0.1, 0.15) is 6.04 Å². The van der Waals surface area contributed by atoms with Crippen molar-refractivity contribution in [1.82, 2.24) is 0 Å². The summed E-state index contributed by atoms with van der Waals surface area (Å²) in [6.07, 6.45) is 1.72. The fourth-order valence-corrected chi connectivity index (χ4v) is 0.770. The second kappa shape index (κ2) is 4.30. The first-order chi connectivity index (χ1) is 5.83. The topological polar surface area (TPSA) is 36.1 Å². The molecule has 2 nitrogen and oxygen atoms in total. The van der Waals surface area contributed by atoms with Gasteiger partial charge in [-0.1, -0.05) is 30.3 Å². The maximum atomic E-state index is 8.45. The minimum absolute atomic E-state index is 0.259. The smallest absolute Gasteiger partial charge is 0.133 e. The van der Waals surface area contributed by atoms with Crippen LogP contribution >= 0.6 is 0 Å². The molecule has 0 spiro atoms. The van der Waals surface area contributed by atoms with Crippen molar-refractivity contribution in [3.63, 3.8) is 0 Å². The van der Waals surface area contributed by atoms with E-state index in [1.54, 1.807) is 13.1 Å². The molecule has 0 N–H and O–H groups in total. The monoisotopic (exact) mass is 158 g/mol. The van der Waals surface area contributed by atoms with Gasteiger partial charge in [-0.15, -0.1) is 0 Å². The van der Waals surface area contributed by atoms with Crippen molar-refractivity contribution in [2.75, 3.05) is 0 Å². The van der Waals surface area contributed by atoms with Crippen molar-refractivity contribution in [2.24, 2.45) is 4.99 Å². The third-order valence-electron chi connectivity index (χ3n) is 1.43. The van der Waals surface area contributed by atoms with Gasteiger partial charge in [-0.2, -0.15) is 5.26 Å². The fraction of sp³-hybridized carbons (Fsp3) is 0.200. The molecule has 0 saturated carbocycles. The highest BCUT2D eigenvalue weighted by molar-refractivity contribution is 5.79. The van der Waals surface area contributed by atoms with Crippen LogP contribution in [-0.4, -0.2) is 12.3 Å². The summed E-state index contributed by atoms with van der Waals surface area (Å²) < 4.78 is 0. The highest BCUT2D eigenvalue weighted by atomic mass is 14.7. The molecule has 1 unspecified atom stereocenters. The van der Waals surface area contributed by atoms with Crippen LogP contribution in [0.4, 0.5) is 0 Å². The summed E-state index contributed by atoms with van der Waals surface area (Å²) in [6.45, 7) is 1.76. The molecular formula is C10H10N2. The number of aliphatic imine (C=N–C) groups is 1. The molecule has 60 valence electrons. The van der Waals surface area contributed by atoms with Crippen LogP contribution in [0.1, 0.15) is 12.5 Å². The van der Waals surface area contributed by atoms with Crippen LogP contribution in [0.2, 0.25) is 0 Å². The molecule has 0 bridgehead atoms. The molecule has 1 rings (SSSR count). The molecule has 12 heavy (non-hydrogen) atoms. The van der Waals surface area contributed by atoms with E-state index >= 15 is 0 Å². The Bertz CT molecular complexity index is 295. The number of hydrogen-bond acceptors (Lipinski definition) is 2. The van der Waals surface area contributed by atoms with Gasteiger partial charge in [0.05, 0.1) is 6.07 Å². The van der Waals surface area contributed by atoms with E-state index in [1.165, 1.54) is 0 Å². The predicted octanol–water partition coefficient (Wildman–Crippen LogP) is 2.02. The molecule has 0 aromatic heterocycles. The van der Waals surface area contributed by atoms with Crippen LogP contribution in [0.25, 0.3) is 0 Å². The Hall–Kier alpha value is -1.62. The molecule has 0 aliphatic rings. The van der Waals surface area contributed by atoms with Gasteiger partial charge < -0.3 is 0 Å². The first kappa shape index (κ1) is 8.48. The van der Waals surface area contributed by atoms with Gasteiger partial charge in [-0.3, -0.25) is 4.99 Å². The predicted molar refractivity (Wildman–Crippen MR) is 49.1 cm³/mol. The highest BCUT2D eigenvalue weighted by Crippen LogP contribution is 1.95. The zero-order valence-electron chi connectivity index (χ0n) is 6.94. The van der Waals surface area contributed by atoms with Crippen molar-refractivity contribution < 1.29 is 0 Å². The number of benzene rings is 1. The van der Waals surface area contributed by atoms with Crippen LogP contribution in [0.15, 0.2) is 35.3 Å². The van der Waals surface area contributed by atoms with E-state index in [-0.39, 0.29) is 6.04 Å². The minimum atomic E-state index is -0.259. The third kappa shape index (κ3) is 2.55. The molecule has 0 aliphatic heterocycles. The Morgan fingerprint density at radius 2 is 2.08 bits per heavy atom. The van der Waals surface area contributed by atoms with Gasteiger partial charge in [0.2, 0.25) is 0 Å². The van der Waals surface area contributed by atoms with Crippen molar-refractivity contribution in [1.29, 1.82) is 5.26 Å². The number of rotatable bonds is 2. The number of nitriles is 1. The lowest BCUT2D eigenvalue weighted by atomic mass is 10.2. The molecular weight excluding hydrogens is 148 g/mol. The largest absolute Gasteiger partial charge is 0.274 e. The SMILES string of the molecule is CC(C#N)N=Cc1ccccc1.